The largest absolute Gasteiger partial charge is 0.325 e. The number of amides is 1. The molecule has 0 spiro atoms. The summed E-state index contributed by atoms with van der Waals surface area (Å²) in [4.78, 5) is 29.9. The quantitative estimate of drug-likeness (QED) is 0.670. The van der Waals surface area contributed by atoms with Crippen molar-refractivity contribution in [1.82, 2.24) is 9.97 Å². The summed E-state index contributed by atoms with van der Waals surface area (Å²) in [6.45, 7) is 3.58. The van der Waals surface area contributed by atoms with Gasteiger partial charge in [0.15, 0.2) is 5.16 Å². The van der Waals surface area contributed by atoms with E-state index in [0.29, 0.717) is 15.9 Å². The fraction of sp³-hybridized carbons (Fsp3) is 0.214. The van der Waals surface area contributed by atoms with Crippen molar-refractivity contribution in [3.63, 3.8) is 0 Å². The van der Waals surface area contributed by atoms with Gasteiger partial charge in [-0.15, -0.1) is 0 Å². The van der Waals surface area contributed by atoms with Crippen molar-refractivity contribution >= 4 is 35.0 Å². The van der Waals surface area contributed by atoms with Crippen molar-refractivity contribution in [1.29, 1.82) is 0 Å². The summed E-state index contributed by atoms with van der Waals surface area (Å²) in [7, 11) is 0. The number of H-pyrrole nitrogens is 1. The minimum Gasteiger partial charge on any atom is -0.325 e. The molecule has 5 nitrogen and oxygen atoms in total. The molecule has 0 aliphatic carbocycles. The van der Waals surface area contributed by atoms with Gasteiger partial charge in [-0.25, -0.2) is 4.98 Å². The topological polar surface area (TPSA) is 74.8 Å². The predicted octanol–water partition coefficient (Wildman–Crippen LogP) is 2.85. The summed E-state index contributed by atoms with van der Waals surface area (Å²) >= 11 is 7.20. The number of carbonyl (C=O) groups excluding carboxylic acids is 1. The molecule has 0 aliphatic heterocycles. The van der Waals surface area contributed by atoms with Crippen LogP contribution in [0.2, 0.25) is 5.02 Å². The molecule has 1 heterocycles. The Bertz CT molecular complexity index is 717. The van der Waals surface area contributed by atoms with E-state index >= 15 is 0 Å². The average molecular weight is 324 g/mol. The van der Waals surface area contributed by atoms with Gasteiger partial charge in [-0.05, 0) is 31.5 Å². The summed E-state index contributed by atoms with van der Waals surface area (Å²) in [5.74, 6) is -0.183. The van der Waals surface area contributed by atoms with E-state index in [-0.39, 0.29) is 11.5 Å². The highest BCUT2D eigenvalue weighted by Gasteiger charge is 2.16. The maximum absolute atomic E-state index is 12.2. The van der Waals surface area contributed by atoms with Crippen LogP contribution in [0.15, 0.2) is 40.4 Å². The minimum absolute atomic E-state index is 0.183. The number of aromatic nitrogens is 2. The maximum atomic E-state index is 12.2. The minimum atomic E-state index is -0.408. The molecule has 1 amide bonds. The number of hydrogen-bond acceptors (Lipinski definition) is 4. The van der Waals surface area contributed by atoms with Crippen molar-refractivity contribution in [2.75, 3.05) is 5.32 Å². The SMILES string of the molecule is Cc1c(Cl)cccc1NC(=O)[C@@H](C)Sc1nccc(=O)[nH]1. The molecule has 1 aromatic carbocycles. The van der Waals surface area contributed by atoms with Crippen LogP contribution in [0.25, 0.3) is 0 Å². The average Bonchev–Trinajstić information content (AvgIpc) is 2.44. The number of anilines is 1. The molecular formula is C14H14ClN3O2S. The Labute approximate surface area is 131 Å². The first-order valence-corrected chi connectivity index (χ1v) is 7.51. The number of rotatable bonds is 4. The van der Waals surface area contributed by atoms with Crippen LogP contribution < -0.4 is 10.9 Å². The zero-order valence-corrected chi connectivity index (χ0v) is 13.1. The normalized spacial score (nSPS) is 12.0. The maximum Gasteiger partial charge on any atom is 0.251 e. The second-order valence-electron chi connectivity index (χ2n) is 4.40. The molecule has 21 heavy (non-hydrogen) atoms. The predicted molar refractivity (Wildman–Crippen MR) is 85.0 cm³/mol. The van der Waals surface area contributed by atoms with Gasteiger partial charge < -0.3 is 10.3 Å². The van der Waals surface area contributed by atoms with Gasteiger partial charge in [-0.3, -0.25) is 9.59 Å². The summed E-state index contributed by atoms with van der Waals surface area (Å²) in [6.07, 6.45) is 1.41. The monoisotopic (exact) mass is 323 g/mol. The lowest BCUT2D eigenvalue weighted by Crippen LogP contribution is -2.23. The van der Waals surface area contributed by atoms with Gasteiger partial charge in [0.1, 0.15) is 0 Å². The van der Waals surface area contributed by atoms with Gasteiger partial charge in [-0.2, -0.15) is 0 Å². The third-order valence-corrected chi connectivity index (χ3v) is 4.24. The zero-order chi connectivity index (χ0) is 15.4. The molecule has 0 fully saturated rings. The van der Waals surface area contributed by atoms with E-state index < -0.39 is 5.25 Å². The lowest BCUT2D eigenvalue weighted by atomic mass is 10.2. The molecule has 0 saturated heterocycles. The fourth-order valence-electron chi connectivity index (χ4n) is 1.61. The van der Waals surface area contributed by atoms with Crippen LogP contribution in [0.4, 0.5) is 5.69 Å². The van der Waals surface area contributed by atoms with Crippen molar-refractivity contribution in [3.05, 3.63) is 51.4 Å². The number of nitrogens with one attached hydrogen (secondary N) is 2. The van der Waals surface area contributed by atoms with E-state index in [9.17, 15) is 9.59 Å². The van der Waals surface area contributed by atoms with Crippen LogP contribution in [0.1, 0.15) is 12.5 Å². The van der Waals surface area contributed by atoms with Crippen LogP contribution in [0, 0.1) is 6.92 Å². The highest BCUT2D eigenvalue weighted by atomic mass is 35.5. The Morgan fingerprint density at radius 2 is 2.19 bits per heavy atom. The number of halogens is 1. The fourth-order valence-corrected chi connectivity index (χ4v) is 2.57. The Hall–Kier alpha value is -1.79. The van der Waals surface area contributed by atoms with E-state index in [1.165, 1.54) is 24.0 Å². The van der Waals surface area contributed by atoms with E-state index in [0.717, 1.165) is 5.56 Å². The smallest absolute Gasteiger partial charge is 0.251 e. The van der Waals surface area contributed by atoms with E-state index in [1.54, 1.807) is 25.1 Å². The number of nitrogens with zero attached hydrogens (tertiary/aromatic N) is 1. The number of benzene rings is 1. The highest BCUT2D eigenvalue weighted by molar-refractivity contribution is 8.00. The van der Waals surface area contributed by atoms with Crippen LogP contribution >= 0.6 is 23.4 Å². The zero-order valence-electron chi connectivity index (χ0n) is 11.5. The molecule has 2 rings (SSSR count). The summed E-state index contributed by atoms with van der Waals surface area (Å²) in [5.41, 5.74) is 1.25. The molecular weight excluding hydrogens is 310 g/mol. The lowest BCUT2D eigenvalue weighted by molar-refractivity contribution is -0.115. The Kier molecular flexibility index (Phi) is 5.03. The molecule has 0 radical (unpaired) electrons. The molecule has 7 heteroatoms. The van der Waals surface area contributed by atoms with Gasteiger partial charge in [0, 0.05) is 23.0 Å². The lowest BCUT2D eigenvalue weighted by Gasteiger charge is -2.13. The molecule has 1 atom stereocenters. The molecule has 0 aliphatic rings. The highest BCUT2D eigenvalue weighted by Crippen LogP contribution is 2.25. The number of hydrogen-bond donors (Lipinski definition) is 2. The Morgan fingerprint density at radius 3 is 2.90 bits per heavy atom. The Morgan fingerprint density at radius 1 is 1.43 bits per heavy atom. The molecule has 1 aromatic heterocycles. The number of thioether (sulfide) groups is 1. The summed E-state index contributed by atoms with van der Waals surface area (Å²) in [6, 6.07) is 6.66. The number of aromatic amines is 1. The van der Waals surface area contributed by atoms with Gasteiger partial charge in [0.05, 0.1) is 5.25 Å². The standard InChI is InChI=1S/C14H14ClN3O2S/c1-8-10(15)4-3-5-11(8)17-13(20)9(2)21-14-16-7-6-12(19)18-14/h3-7,9H,1-2H3,(H,17,20)(H,16,18,19)/t9-/m1/s1. The molecule has 0 unspecified atom stereocenters. The van der Waals surface area contributed by atoms with Gasteiger partial charge in [0.2, 0.25) is 5.91 Å². The van der Waals surface area contributed by atoms with Crippen LogP contribution in [0.3, 0.4) is 0 Å². The summed E-state index contributed by atoms with van der Waals surface area (Å²) < 4.78 is 0. The second kappa shape index (κ2) is 6.78. The Balaban J connectivity index is 2.06. The molecule has 2 aromatic rings. The molecule has 110 valence electrons. The van der Waals surface area contributed by atoms with E-state index in [4.69, 9.17) is 11.6 Å². The van der Waals surface area contributed by atoms with Crippen LogP contribution in [-0.4, -0.2) is 21.1 Å². The number of carbonyl (C=O) groups is 1. The molecule has 0 bridgehead atoms. The molecule has 2 N–H and O–H groups in total. The van der Waals surface area contributed by atoms with E-state index in [1.807, 2.05) is 6.92 Å². The first-order valence-electron chi connectivity index (χ1n) is 6.25. The van der Waals surface area contributed by atoms with E-state index in [2.05, 4.69) is 15.3 Å². The first-order chi connectivity index (χ1) is 9.97. The first kappa shape index (κ1) is 15.6. The van der Waals surface area contributed by atoms with Crippen molar-refractivity contribution in [3.8, 4) is 0 Å². The van der Waals surface area contributed by atoms with Crippen LogP contribution in [-0.2, 0) is 4.79 Å². The third kappa shape index (κ3) is 4.09. The van der Waals surface area contributed by atoms with Crippen molar-refractivity contribution in [2.24, 2.45) is 0 Å². The summed E-state index contributed by atoms with van der Waals surface area (Å²) in [5, 5.41) is 3.42. The van der Waals surface area contributed by atoms with Crippen molar-refractivity contribution in [2.45, 2.75) is 24.3 Å². The second-order valence-corrected chi connectivity index (χ2v) is 6.14. The van der Waals surface area contributed by atoms with Crippen molar-refractivity contribution < 1.29 is 4.79 Å². The van der Waals surface area contributed by atoms with Gasteiger partial charge in [0.25, 0.3) is 5.56 Å². The van der Waals surface area contributed by atoms with Gasteiger partial charge in [-0.1, -0.05) is 29.4 Å². The molecule has 0 saturated carbocycles. The van der Waals surface area contributed by atoms with Gasteiger partial charge >= 0.3 is 0 Å². The van der Waals surface area contributed by atoms with Crippen LogP contribution in [0.5, 0.6) is 0 Å². The third-order valence-electron chi connectivity index (χ3n) is 2.83.